The summed E-state index contributed by atoms with van der Waals surface area (Å²) >= 11 is 1.50. The van der Waals surface area contributed by atoms with E-state index in [0.717, 1.165) is 83.9 Å². The molecule has 0 aromatic carbocycles. The van der Waals surface area contributed by atoms with Gasteiger partial charge < -0.3 is 19.9 Å². The molecule has 1 amide bonds. The number of carbonyl (C=O) groups excluding carboxylic acids is 1. The summed E-state index contributed by atoms with van der Waals surface area (Å²) in [6.07, 6.45) is 0.0133. The average Bonchev–Trinajstić information content (AvgIpc) is 3.60. The second-order valence-corrected chi connectivity index (χ2v) is 20.2. The van der Waals surface area contributed by atoms with Crippen LogP contribution in [0.25, 0.3) is 11.0 Å². The van der Waals surface area contributed by atoms with Gasteiger partial charge in [0, 0.05) is 83.1 Å². The Morgan fingerprint density at radius 3 is 2.62 bits per heavy atom. The van der Waals surface area contributed by atoms with Gasteiger partial charge in [0.05, 0.1) is 28.4 Å². The van der Waals surface area contributed by atoms with Gasteiger partial charge >= 0.3 is 6.18 Å². The fraction of sp³-hybridized carbons (Fsp3) is 0.500. The zero-order valence-electron chi connectivity index (χ0n) is 27.2. The van der Waals surface area contributed by atoms with E-state index in [0.29, 0.717) is 38.4 Å². The molecular weight excluding hydrogens is 646 g/mol. The van der Waals surface area contributed by atoms with Crippen molar-refractivity contribution >= 4 is 47.9 Å². The van der Waals surface area contributed by atoms with Crippen LogP contribution in [-0.2, 0) is 37.2 Å². The minimum atomic E-state index is -4.53. The van der Waals surface area contributed by atoms with Gasteiger partial charge in [-0.15, -0.1) is 11.3 Å². The maximum absolute atomic E-state index is 13.1. The van der Waals surface area contributed by atoms with Crippen molar-refractivity contribution in [2.75, 3.05) is 56.6 Å². The third kappa shape index (κ3) is 8.03. The first-order valence-electron chi connectivity index (χ1n) is 15.9. The van der Waals surface area contributed by atoms with Crippen molar-refractivity contribution in [1.29, 1.82) is 0 Å². The number of aromatic nitrogens is 4. The number of hydrogen-bond acceptors (Lipinski definition) is 9. The Kier molecular flexibility index (Phi) is 9.72. The summed E-state index contributed by atoms with van der Waals surface area (Å²) in [5, 5.41) is 10.4. The first-order valence-corrected chi connectivity index (χ1v) is 20.4. The Bertz CT molecular complexity index is 1730. The number of alkyl halides is 3. The quantitative estimate of drug-likeness (QED) is 0.166. The summed E-state index contributed by atoms with van der Waals surface area (Å²) in [6, 6.07) is 4.19. The highest BCUT2D eigenvalue weighted by Crippen LogP contribution is 2.33. The number of halogens is 3. The van der Waals surface area contributed by atoms with Gasteiger partial charge in [0.1, 0.15) is 6.73 Å². The van der Waals surface area contributed by atoms with Crippen LogP contribution in [0.4, 0.5) is 24.7 Å². The molecule has 2 aliphatic heterocycles. The van der Waals surface area contributed by atoms with Crippen LogP contribution < -0.4 is 10.2 Å². The number of ether oxygens (including phenoxy) is 1. The Hall–Kier alpha value is -3.37. The molecule has 0 unspecified atom stereocenters. The van der Waals surface area contributed by atoms with Gasteiger partial charge in [-0.2, -0.15) is 18.3 Å². The van der Waals surface area contributed by atoms with Crippen molar-refractivity contribution in [3.63, 3.8) is 0 Å². The van der Waals surface area contributed by atoms with Crippen LogP contribution in [0.5, 0.6) is 0 Å². The molecule has 0 radical (unpaired) electrons. The van der Waals surface area contributed by atoms with Gasteiger partial charge in [-0.05, 0) is 42.8 Å². The van der Waals surface area contributed by atoms with Gasteiger partial charge in [-0.1, -0.05) is 19.6 Å². The van der Waals surface area contributed by atoms with Crippen molar-refractivity contribution in [3.05, 3.63) is 63.2 Å². The molecular formula is C32H41F3N8O2SSi. The predicted molar refractivity (Wildman–Crippen MR) is 181 cm³/mol. The minimum absolute atomic E-state index is 0.0162. The van der Waals surface area contributed by atoms with E-state index in [-0.39, 0.29) is 5.69 Å². The lowest BCUT2D eigenvalue weighted by Crippen LogP contribution is -2.44. The number of likely N-dealkylation sites (N-methyl/N-ethyl adjacent to an activating group) is 1. The molecule has 252 valence electrons. The molecule has 0 atom stereocenters. The molecule has 0 spiro atoms. The van der Waals surface area contributed by atoms with E-state index in [4.69, 9.17) is 14.8 Å². The summed E-state index contributed by atoms with van der Waals surface area (Å²) in [4.78, 5) is 29.7. The van der Waals surface area contributed by atoms with Gasteiger partial charge in [-0.25, -0.2) is 9.67 Å². The monoisotopic (exact) mass is 686 g/mol. The number of nitrogens with one attached hydrogen (secondary N) is 1. The number of thiophene rings is 1. The number of pyridine rings is 2. The van der Waals surface area contributed by atoms with Crippen LogP contribution in [-0.4, -0.2) is 89.9 Å². The molecule has 1 saturated heterocycles. The molecule has 4 aromatic rings. The van der Waals surface area contributed by atoms with E-state index < -0.39 is 25.7 Å². The second kappa shape index (κ2) is 13.6. The van der Waals surface area contributed by atoms with Crippen molar-refractivity contribution < 1.29 is 22.7 Å². The Morgan fingerprint density at radius 2 is 1.87 bits per heavy atom. The summed E-state index contributed by atoms with van der Waals surface area (Å²) < 4.78 is 47.3. The molecule has 6 rings (SSSR count). The van der Waals surface area contributed by atoms with Crippen molar-refractivity contribution in [2.45, 2.75) is 58.1 Å². The van der Waals surface area contributed by atoms with Crippen LogP contribution in [0.3, 0.4) is 0 Å². The van der Waals surface area contributed by atoms with E-state index >= 15 is 0 Å². The van der Waals surface area contributed by atoms with E-state index in [1.807, 2.05) is 10.9 Å². The SMILES string of the molecule is CN1CCN(c2nn(COCC[Si](C)(C)C)c3ncc(CN4CCc5c(C(=O)Nc6cncc(C(F)(F)F)c6)csc5C4)cc23)CC1. The predicted octanol–water partition coefficient (Wildman–Crippen LogP) is 5.78. The van der Waals surface area contributed by atoms with Crippen molar-refractivity contribution in [1.82, 2.24) is 29.5 Å². The molecule has 0 bridgehead atoms. The topological polar surface area (TPSA) is 91.7 Å². The number of anilines is 2. The van der Waals surface area contributed by atoms with Crippen LogP contribution in [0.2, 0.25) is 25.7 Å². The average molecular weight is 687 g/mol. The van der Waals surface area contributed by atoms with Gasteiger partial charge in [0.25, 0.3) is 5.91 Å². The summed E-state index contributed by atoms with van der Waals surface area (Å²) in [7, 11) is 0.940. The fourth-order valence-corrected chi connectivity index (χ4v) is 7.75. The Labute approximate surface area is 277 Å². The standard InChI is InChI=1S/C32H41F3N8O2SSi/c1-40-7-9-42(10-8-40)30-26-13-22(15-37-29(26)43(39-30)21-45-11-12-47(2,3)4)18-41-6-5-25-27(20-46-28(25)19-41)31(44)38-24-14-23(16-36-17-24)32(33,34)35/h13-17,20H,5-12,18-19,21H2,1-4H3,(H,38,44). The number of fused-ring (bicyclic) bond motifs is 2. The molecule has 10 nitrogen and oxygen atoms in total. The van der Waals surface area contributed by atoms with E-state index in [2.05, 4.69) is 57.8 Å². The number of amides is 1. The van der Waals surface area contributed by atoms with Crippen LogP contribution in [0.15, 0.2) is 36.1 Å². The molecule has 0 aliphatic carbocycles. The summed E-state index contributed by atoms with van der Waals surface area (Å²) in [6.45, 7) is 14.0. The van der Waals surface area contributed by atoms with E-state index in [9.17, 15) is 18.0 Å². The van der Waals surface area contributed by atoms with Crippen molar-refractivity contribution in [3.8, 4) is 0 Å². The van der Waals surface area contributed by atoms with Gasteiger partial charge in [0.15, 0.2) is 11.5 Å². The molecule has 1 N–H and O–H groups in total. The lowest BCUT2D eigenvalue weighted by molar-refractivity contribution is -0.137. The molecule has 2 aliphatic rings. The lowest BCUT2D eigenvalue weighted by atomic mass is 10.0. The summed E-state index contributed by atoms with van der Waals surface area (Å²) in [5.41, 5.74) is 2.47. The second-order valence-electron chi connectivity index (χ2n) is 13.6. The maximum Gasteiger partial charge on any atom is 0.417 e. The zero-order chi connectivity index (χ0) is 33.3. The molecule has 15 heteroatoms. The highest BCUT2D eigenvalue weighted by Gasteiger charge is 2.32. The van der Waals surface area contributed by atoms with E-state index in [1.165, 1.54) is 17.5 Å². The Balaban J connectivity index is 1.15. The largest absolute Gasteiger partial charge is 0.417 e. The molecule has 4 aromatic heterocycles. The van der Waals surface area contributed by atoms with Crippen LogP contribution >= 0.6 is 11.3 Å². The first-order chi connectivity index (χ1) is 22.3. The number of carbonyl (C=O) groups is 1. The number of hydrogen-bond donors (Lipinski definition) is 1. The highest BCUT2D eigenvalue weighted by atomic mass is 32.1. The molecule has 47 heavy (non-hydrogen) atoms. The number of rotatable bonds is 10. The van der Waals surface area contributed by atoms with Crippen LogP contribution in [0.1, 0.15) is 31.9 Å². The third-order valence-corrected chi connectivity index (χ3v) is 11.4. The van der Waals surface area contributed by atoms with Gasteiger partial charge in [0.2, 0.25) is 0 Å². The fourth-order valence-electron chi connectivity index (χ4n) is 5.87. The van der Waals surface area contributed by atoms with Crippen LogP contribution in [0, 0.1) is 0 Å². The third-order valence-electron chi connectivity index (χ3n) is 8.64. The summed E-state index contributed by atoms with van der Waals surface area (Å²) in [5.74, 6) is 0.520. The van der Waals surface area contributed by atoms with E-state index in [1.54, 1.807) is 5.38 Å². The number of nitrogens with zero attached hydrogens (tertiary/aromatic N) is 7. The number of piperazine rings is 1. The lowest BCUT2D eigenvalue weighted by Gasteiger charge is -2.32. The molecule has 1 fully saturated rings. The van der Waals surface area contributed by atoms with Gasteiger partial charge in [-0.3, -0.25) is 14.7 Å². The smallest absolute Gasteiger partial charge is 0.359 e. The Morgan fingerprint density at radius 1 is 1.09 bits per heavy atom. The first kappa shape index (κ1) is 33.5. The zero-order valence-corrected chi connectivity index (χ0v) is 29.0. The highest BCUT2D eigenvalue weighted by molar-refractivity contribution is 7.10. The normalized spacial score (nSPS) is 16.5. The van der Waals surface area contributed by atoms with Crippen molar-refractivity contribution in [2.24, 2.45) is 0 Å². The molecule has 6 heterocycles. The minimum Gasteiger partial charge on any atom is -0.359 e. The molecule has 0 saturated carbocycles. The maximum atomic E-state index is 13.1.